The SMILES string of the molecule is COc1cc(C(=O)Nc2ccc(C#N)cc2)c([N+](=O)[O-])cc1OC(F)F. The molecule has 2 rings (SSSR count). The van der Waals surface area contributed by atoms with Crippen LogP contribution in [0, 0.1) is 21.4 Å². The predicted octanol–water partition coefficient (Wildman–Crippen LogP) is 3.33. The van der Waals surface area contributed by atoms with Gasteiger partial charge in [-0.15, -0.1) is 0 Å². The third-order valence-corrected chi connectivity index (χ3v) is 3.21. The predicted molar refractivity (Wildman–Crippen MR) is 85.4 cm³/mol. The number of carbonyl (C=O) groups excluding carboxylic acids is 1. The number of benzene rings is 2. The summed E-state index contributed by atoms with van der Waals surface area (Å²) in [7, 11) is 1.14. The summed E-state index contributed by atoms with van der Waals surface area (Å²) in [6, 6.07) is 9.31. The van der Waals surface area contributed by atoms with Crippen LogP contribution < -0.4 is 14.8 Å². The first-order valence-electron chi connectivity index (χ1n) is 6.98. The molecule has 0 saturated carbocycles. The highest BCUT2D eigenvalue weighted by Crippen LogP contribution is 2.36. The molecule has 0 aromatic heterocycles. The van der Waals surface area contributed by atoms with E-state index < -0.39 is 34.4 Å². The van der Waals surface area contributed by atoms with Crippen LogP contribution in [0.4, 0.5) is 20.2 Å². The number of nitrogens with one attached hydrogen (secondary N) is 1. The highest BCUT2D eigenvalue weighted by molar-refractivity contribution is 6.07. The smallest absolute Gasteiger partial charge is 0.387 e. The molecule has 0 aliphatic rings. The Hall–Kier alpha value is -3.74. The summed E-state index contributed by atoms with van der Waals surface area (Å²) in [5.74, 6) is -1.69. The van der Waals surface area contributed by atoms with Crippen molar-refractivity contribution in [3.8, 4) is 17.6 Å². The van der Waals surface area contributed by atoms with Crippen molar-refractivity contribution in [2.75, 3.05) is 12.4 Å². The number of ether oxygens (including phenoxy) is 2. The number of methoxy groups -OCH3 is 1. The number of carbonyl (C=O) groups is 1. The first-order chi connectivity index (χ1) is 12.3. The molecule has 2 aromatic carbocycles. The highest BCUT2D eigenvalue weighted by atomic mass is 19.3. The second-order valence-corrected chi connectivity index (χ2v) is 4.80. The molecule has 8 nitrogen and oxygen atoms in total. The number of alkyl halides is 2. The van der Waals surface area contributed by atoms with Gasteiger partial charge in [0.1, 0.15) is 5.56 Å². The van der Waals surface area contributed by atoms with Crippen molar-refractivity contribution in [1.29, 1.82) is 5.26 Å². The molecule has 0 aliphatic carbocycles. The Morgan fingerprint density at radius 1 is 1.27 bits per heavy atom. The molecule has 0 saturated heterocycles. The van der Waals surface area contributed by atoms with Crippen LogP contribution >= 0.6 is 0 Å². The second-order valence-electron chi connectivity index (χ2n) is 4.80. The number of nitro benzene ring substituents is 1. The molecule has 26 heavy (non-hydrogen) atoms. The molecule has 0 aliphatic heterocycles. The van der Waals surface area contributed by atoms with Crippen LogP contribution in [0.25, 0.3) is 0 Å². The maximum absolute atomic E-state index is 12.4. The van der Waals surface area contributed by atoms with Crippen LogP contribution in [0.15, 0.2) is 36.4 Å². The van der Waals surface area contributed by atoms with Gasteiger partial charge in [-0.2, -0.15) is 14.0 Å². The summed E-state index contributed by atoms with van der Waals surface area (Å²) in [5, 5.41) is 22.4. The number of anilines is 1. The Kier molecular flexibility index (Phi) is 5.64. The molecule has 134 valence electrons. The lowest BCUT2D eigenvalue weighted by Crippen LogP contribution is -2.15. The van der Waals surface area contributed by atoms with Crippen LogP contribution in [0.2, 0.25) is 0 Å². The van der Waals surface area contributed by atoms with E-state index in [2.05, 4.69) is 10.1 Å². The van der Waals surface area contributed by atoms with E-state index in [-0.39, 0.29) is 11.4 Å². The zero-order valence-electron chi connectivity index (χ0n) is 13.2. The molecule has 0 heterocycles. The number of nitriles is 1. The van der Waals surface area contributed by atoms with Crippen molar-refractivity contribution in [2.45, 2.75) is 6.61 Å². The van der Waals surface area contributed by atoms with Crippen molar-refractivity contribution < 1.29 is 28.0 Å². The Balaban J connectivity index is 2.40. The molecular weight excluding hydrogens is 352 g/mol. The number of nitrogens with zero attached hydrogens (tertiary/aromatic N) is 2. The fourth-order valence-electron chi connectivity index (χ4n) is 2.06. The Morgan fingerprint density at radius 3 is 2.42 bits per heavy atom. The largest absolute Gasteiger partial charge is 0.493 e. The Bertz CT molecular complexity index is 879. The highest BCUT2D eigenvalue weighted by Gasteiger charge is 2.26. The number of nitro groups is 1. The lowest BCUT2D eigenvalue weighted by molar-refractivity contribution is -0.385. The van der Waals surface area contributed by atoms with E-state index in [4.69, 9.17) is 10.00 Å². The lowest BCUT2D eigenvalue weighted by atomic mass is 10.1. The fourth-order valence-corrected chi connectivity index (χ4v) is 2.06. The standard InChI is InChI=1S/C16H11F2N3O5/c1-25-13-6-11(12(21(23)24)7-14(13)26-16(17)18)15(22)20-10-4-2-9(8-19)3-5-10/h2-7,16H,1H3,(H,20,22). The molecule has 0 radical (unpaired) electrons. The minimum atomic E-state index is -3.22. The van der Waals surface area contributed by atoms with Crippen molar-refractivity contribution >= 4 is 17.3 Å². The van der Waals surface area contributed by atoms with Crippen LogP contribution in [0.5, 0.6) is 11.5 Å². The molecule has 0 fully saturated rings. The van der Waals surface area contributed by atoms with Gasteiger partial charge in [0.05, 0.1) is 29.7 Å². The van der Waals surface area contributed by atoms with Gasteiger partial charge in [0.2, 0.25) is 0 Å². The molecule has 0 bridgehead atoms. The van der Waals surface area contributed by atoms with E-state index in [0.717, 1.165) is 13.2 Å². The summed E-state index contributed by atoms with van der Waals surface area (Å²) in [5.41, 5.74) is -0.482. The van der Waals surface area contributed by atoms with Gasteiger partial charge < -0.3 is 14.8 Å². The first-order valence-corrected chi connectivity index (χ1v) is 6.98. The van der Waals surface area contributed by atoms with Crippen molar-refractivity contribution in [2.24, 2.45) is 0 Å². The molecule has 2 aromatic rings. The van der Waals surface area contributed by atoms with E-state index in [1.807, 2.05) is 6.07 Å². The van der Waals surface area contributed by atoms with Crippen LogP contribution in [-0.2, 0) is 0 Å². The number of hydrogen-bond acceptors (Lipinski definition) is 6. The minimum Gasteiger partial charge on any atom is -0.493 e. The average molecular weight is 363 g/mol. The van der Waals surface area contributed by atoms with E-state index in [9.17, 15) is 23.7 Å². The maximum atomic E-state index is 12.4. The van der Waals surface area contributed by atoms with E-state index in [1.54, 1.807) is 0 Å². The lowest BCUT2D eigenvalue weighted by Gasteiger charge is -2.12. The second kappa shape index (κ2) is 7.89. The molecule has 0 unspecified atom stereocenters. The number of amides is 1. The summed E-state index contributed by atoms with van der Waals surface area (Å²) >= 11 is 0. The van der Waals surface area contributed by atoms with Crippen LogP contribution in [0.3, 0.4) is 0 Å². The van der Waals surface area contributed by atoms with Gasteiger partial charge in [0, 0.05) is 11.8 Å². The molecule has 1 amide bonds. The topological polar surface area (TPSA) is 114 Å². The van der Waals surface area contributed by atoms with E-state index in [0.29, 0.717) is 11.6 Å². The zero-order chi connectivity index (χ0) is 19.3. The number of rotatable bonds is 6. The van der Waals surface area contributed by atoms with Crippen molar-refractivity contribution in [3.05, 3.63) is 57.6 Å². The van der Waals surface area contributed by atoms with Gasteiger partial charge in [0.25, 0.3) is 11.6 Å². The quantitative estimate of drug-likeness (QED) is 0.622. The molecular formula is C16H11F2N3O5. The average Bonchev–Trinajstić information content (AvgIpc) is 2.61. The zero-order valence-corrected chi connectivity index (χ0v) is 13.2. The summed E-state index contributed by atoms with van der Waals surface area (Å²) in [6.45, 7) is -3.22. The maximum Gasteiger partial charge on any atom is 0.387 e. The summed E-state index contributed by atoms with van der Waals surface area (Å²) in [4.78, 5) is 22.7. The third-order valence-electron chi connectivity index (χ3n) is 3.21. The van der Waals surface area contributed by atoms with Crippen molar-refractivity contribution in [1.82, 2.24) is 0 Å². The molecule has 1 N–H and O–H groups in total. The number of hydrogen-bond donors (Lipinski definition) is 1. The van der Waals surface area contributed by atoms with Gasteiger partial charge in [-0.3, -0.25) is 14.9 Å². The van der Waals surface area contributed by atoms with Crippen LogP contribution in [0.1, 0.15) is 15.9 Å². The Morgan fingerprint density at radius 2 is 1.92 bits per heavy atom. The minimum absolute atomic E-state index is 0.263. The van der Waals surface area contributed by atoms with Gasteiger partial charge >= 0.3 is 6.61 Å². The molecule has 0 atom stereocenters. The van der Waals surface area contributed by atoms with E-state index >= 15 is 0 Å². The fraction of sp³-hybridized carbons (Fsp3) is 0.125. The van der Waals surface area contributed by atoms with Gasteiger partial charge in [-0.25, -0.2) is 0 Å². The number of halogens is 2. The normalized spacial score (nSPS) is 10.1. The molecule has 0 spiro atoms. The van der Waals surface area contributed by atoms with Gasteiger partial charge in [0.15, 0.2) is 11.5 Å². The third kappa shape index (κ3) is 4.21. The Labute approximate surface area is 145 Å². The summed E-state index contributed by atoms with van der Waals surface area (Å²) < 4.78 is 33.9. The van der Waals surface area contributed by atoms with Gasteiger partial charge in [-0.1, -0.05) is 0 Å². The molecule has 10 heteroatoms. The first kappa shape index (κ1) is 18.6. The monoisotopic (exact) mass is 363 g/mol. The van der Waals surface area contributed by atoms with Gasteiger partial charge in [-0.05, 0) is 24.3 Å². The summed E-state index contributed by atoms with van der Waals surface area (Å²) in [6.07, 6.45) is 0. The van der Waals surface area contributed by atoms with Crippen LogP contribution in [-0.4, -0.2) is 24.6 Å². The van der Waals surface area contributed by atoms with Crippen molar-refractivity contribution in [3.63, 3.8) is 0 Å². The van der Waals surface area contributed by atoms with E-state index in [1.165, 1.54) is 24.3 Å².